The van der Waals surface area contributed by atoms with E-state index in [0.29, 0.717) is 29.8 Å². The van der Waals surface area contributed by atoms with Gasteiger partial charge in [-0.2, -0.15) is 5.10 Å². The lowest BCUT2D eigenvalue weighted by Crippen LogP contribution is -2.47. The molecule has 9 nitrogen and oxygen atoms in total. The van der Waals surface area contributed by atoms with E-state index < -0.39 is 18.9 Å². The Morgan fingerprint density at radius 1 is 1.18 bits per heavy atom. The molecule has 1 fully saturated rings. The van der Waals surface area contributed by atoms with Crippen LogP contribution in [0.5, 0.6) is 0 Å². The minimum Gasteiger partial charge on any atom is -0.346 e. The number of nitrogens with zero attached hydrogens (tertiary/aromatic N) is 5. The normalized spacial score (nSPS) is 14.9. The number of fused-ring (bicyclic) bond motifs is 2. The number of pyridine rings is 2. The molecule has 0 saturated carbocycles. The van der Waals surface area contributed by atoms with Crippen LogP contribution >= 0.6 is 0 Å². The number of likely N-dealkylation sites (N-methyl/N-ethyl adjacent to an activating group) is 1. The molecule has 2 N–H and O–H groups in total. The van der Waals surface area contributed by atoms with E-state index in [2.05, 4.69) is 25.3 Å². The molecule has 176 valence electrons. The Labute approximate surface area is 193 Å². The fraction of sp³-hybridized carbons (Fsp3) is 0.304. The minimum atomic E-state index is -2.64. The zero-order valence-electron chi connectivity index (χ0n) is 18.5. The number of piperazine rings is 1. The number of alkyl halides is 2. The van der Waals surface area contributed by atoms with Crippen LogP contribution in [0.1, 0.15) is 20.7 Å². The Balaban J connectivity index is 1.48. The number of nitrogens with one attached hydrogen (secondary N) is 2. The summed E-state index contributed by atoms with van der Waals surface area (Å²) in [5.74, 6) is -0.674. The molecule has 11 heteroatoms. The molecule has 0 aliphatic carbocycles. The van der Waals surface area contributed by atoms with Crippen molar-refractivity contribution in [1.29, 1.82) is 0 Å². The predicted octanol–water partition coefficient (Wildman–Crippen LogP) is 2.26. The zero-order chi connectivity index (χ0) is 23.8. The summed E-state index contributed by atoms with van der Waals surface area (Å²) in [7, 11) is 2.03. The lowest BCUT2D eigenvalue weighted by atomic mass is 10.0. The van der Waals surface area contributed by atoms with Gasteiger partial charge in [-0.05, 0) is 30.8 Å². The molecule has 5 heterocycles. The maximum Gasteiger partial charge on any atom is 0.255 e. The van der Waals surface area contributed by atoms with E-state index in [1.807, 2.05) is 24.1 Å². The highest BCUT2D eigenvalue weighted by Gasteiger charge is 2.22. The number of hydrogen-bond acceptors (Lipinski definition) is 5. The van der Waals surface area contributed by atoms with Crippen molar-refractivity contribution >= 4 is 28.4 Å². The summed E-state index contributed by atoms with van der Waals surface area (Å²) in [5.41, 5.74) is 3.40. The Morgan fingerprint density at radius 3 is 2.74 bits per heavy atom. The van der Waals surface area contributed by atoms with Gasteiger partial charge in [-0.25, -0.2) is 18.3 Å². The fourth-order valence-electron chi connectivity index (χ4n) is 4.14. The van der Waals surface area contributed by atoms with Gasteiger partial charge in [-0.3, -0.25) is 9.59 Å². The molecule has 0 radical (unpaired) electrons. The first-order valence-electron chi connectivity index (χ1n) is 10.9. The fourth-order valence-corrected chi connectivity index (χ4v) is 4.14. The maximum absolute atomic E-state index is 13.0. The number of aromatic nitrogens is 4. The average molecular weight is 467 g/mol. The summed E-state index contributed by atoms with van der Waals surface area (Å²) in [4.78, 5) is 37.0. The highest BCUT2D eigenvalue weighted by Crippen LogP contribution is 2.30. The molecule has 0 bridgehead atoms. The summed E-state index contributed by atoms with van der Waals surface area (Å²) in [5, 5.41) is 7.12. The monoisotopic (exact) mass is 467 g/mol. The molecule has 5 rings (SSSR count). The van der Waals surface area contributed by atoms with Gasteiger partial charge < -0.3 is 20.1 Å². The van der Waals surface area contributed by atoms with Crippen molar-refractivity contribution in [2.45, 2.75) is 6.43 Å². The first kappa shape index (κ1) is 22.0. The summed E-state index contributed by atoms with van der Waals surface area (Å²) in [6, 6.07) is 5.42. The lowest BCUT2D eigenvalue weighted by Gasteiger charge is -2.32. The van der Waals surface area contributed by atoms with Gasteiger partial charge in [-0.15, -0.1) is 0 Å². The number of amides is 2. The van der Waals surface area contributed by atoms with Crippen molar-refractivity contribution in [3.8, 4) is 11.1 Å². The molecular weight excluding hydrogens is 444 g/mol. The first-order valence-corrected chi connectivity index (χ1v) is 10.9. The quantitative estimate of drug-likeness (QED) is 0.469. The summed E-state index contributed by atoms with van der Waals surface area (Å²) in [6.45, 7) is 2.27. The van der Waals surface area contributed by atoms with Gasteiger partial charge in [-0.1, -0.05) is 0 Å². The van der Waals surface area contributed by atoms with Crippen molar-refractivity contribution in [3.05, 3.63) is 54.1 Å². The number of carbonyl (C=O) groups excluding carboxylic acids is 2. The molecule has 1 aliphatic heterocycles. The van der Waals surface area contributed by atoms with Gasteiger partial charge in [0.25, 0.3) is 18.2 Å². The van der Waals surface area contributed by atoms with Crippen molar-refractivity contribution in [1.82, 2.24) is 34.7 Å². The molecule has 34 heavy (non-hydrogen) atoms. The van der Waals surface area contributed by atoms with Crippen LogP contribution < -0.4 is 5.32 Å². The second-order valence-corrected chi connectivity index (χ2v) is 8.32. The van der Waals surface area contributed by atoms with Crippen LogP contribution in [0.25, 0.3) is 27.7 Å². The van der Waals surface area contributed by atoms with Gasteiger partial charge in [0, 0.05) is 55.7 Å². The zero-order valence-corrected chi connectivity index (χ0v) is 18.5. The number of carbonyl (C=O) groups is 2. The van der Waals surface area contributed by atoms with E-state index in [9.17, 15) is 18.4 Å². The van der Waals surface area contributed by atoms with E-state index in [4.69, 9.17) is 0 Å². The van der Waals surface area contributed by atoms with Crippen molar-refractivity contribution in [2.75, 3.05) is 39.8 Å². The Morgan fingerprint density at radius 2 is 1.97 bits per heavy atom. The number of hydrogen-bond donors (Lipinski definition) is 2. The van der Waals surface area contributed by atoms with E-state index in [1.54, 1.807) is 24.7 Å². The van der Waals surface area contributed by atoms with Crippen LogP contribution in [0.15, 0.2) is 43.0 Å². The molecule has 0 unspecified atom stereocenters. The van der Waals surface area contributed by atoms with Gasteiger partial charge in [0.05, 0.1) is 29.4 Å². The van der Waals surface area contributed by atoms with Crippen LogP contribution in [0, 0.1) is 0 Å². The standard InChI is InChI=1S/C23H23F2N7O2/c1-30-4-6-31(7-5-30)23(34)15-8-16-17(11-27-21(16)26-10-15)14-2-3-32-19(9-14)18(12-29-32)22(33)28-13-20(24)25/h2-3,8-12,20H,4-7,13H2,1H3,(H,26,27)(H,28,33). The van der Waals surface area contributed by atoms with Gasteiger partial charge in [0.1, 0.15) is 5.65 Å². The molecule has 4 aromatic heterocycles. The largest absolute Gasteiger partial charge is 0.346 e. The molecule has 1 saturated heterocycles. The number of aromatic amines is 1. The van der Waals surface area contributed by atoms with Crippen LogP contribution in [0.2, 0.25) is 0 Å². The Hall–Kier alpha value is -3.86. The smallest absolute Gasteiger partial charge is 0.255 e. The highest BCUT2D eigenvalue weighted by molar-refractivity contribution is 6.03. The van der Waals surface area contributed by atoms with Crippen molar-refractivity contribution < 1.29 is 18.4 Å². The molecule has 0 aromatic carbocycles. The van der Waals surface area contributed by atoms with Crippen LogP contribution in [-0.4, -0.2) is 87.4 Å². The summed E-state index contributed by atoms with van der Waals surface area (Å²) >= 11 is 0. The third-order valence-electron chi connectivity index (χ3n) is 6.06. The molecule has 0 atom stereocenters. The summed E-state index contributed by atoms with van der Waals surface area (Å²) < 4.78 is 26.5. The van der Waals surface area contributed by atoms with Crippen LogP contribution in [0.4, 0.5) is 8.78 Å². The lowest BCUT2D eigenvalue weighted by molar-refractivity contribution is 0.0663. The molecular formula is C23H23F2N7O2. The molecule has 4 aromatic rings. The maximum atomic E-state index is 13.0. The predicted molar refractivity (Wildman–Crippen MR) is 122 cm³/mol. The molecule has 2 amide bonds. The van der Waals surface area contributed by atoms with Crippen LogP contribution in [0.3, 0.4) is 0 Å². The van der Waals surface area contributed by atoms with E-state index in [-0.39, 0.29) is 11.5 Å². The number of rotatable bonds is 5. The topological polar surface area (TPSA) is 98.6 Å². The minimum absolute atomic E-state index is 0.0566. The van der Waals surface area contributed by atoms with Gasteiger partial charge >= 0.3 is 0 Å². The summed E-state index contributed by atoms with van der Waals surface area (Å²) in [6.07, 6.45) is 3.78. The van der Waals surface area contributed by atoms with Crippen molar-refractivity contribution in [2.24, 2.45) is 0 Å². The number of H-pyrrole nitrogens is 1. The highest BCUT2D eigenvalue weighted by atomic mass is 19.3. The number of halogens is 2. The molecule has 1 aliphatic rings. The SMILES string of the molecule is CN1CCN(C(=O)c2cnc3[nH]cc(-c4ccn5ncc(C(=O)NCC(F)F)c5c4)c3c2)CC1. The van der Waals surface area contributed by atoms with Gasteiger partial charge in [0.2, 0.25) is 0 Å². The average Bonchev–Trinajstić information content (AvgIpc) is 3.46. The van der Waals surface area contributed by atoms with E-state index >= 15 is 0 Å². The second kappa shape index (κ2) is 8.82. The molecule has 0 spiro atoms. The van der Waals surface area contributed by atoms with Crippen LogP contribution in [-0.2, 0) is 0 Å². The third-order valence-corrected chi connectivity index (χ3v) is 6.06. The Kier molecular flexibility index (Phi) is 5.70. The van der Waals surface area contributed by atoms with Crippen molar-refractivity contribution in [3.63, 3.8) is 0 Å². The van der Waals surface area contributed by atoms with E-state index in [0.717, 1.165) is 29.6 Å². The Bertz CT molecular complexity index is 1370. The van der Waals surface area contributed by atoms with Gasteiger partial charge in [0.15, 0.2) is 0 Å². The second-order valence-electron chi connectivity index (χ2n) is 8.32. The van der Waals surface area contributed by atoms with E-state index in [1.165, 1.54) is 10.7 Å². The third kappa shape index (κ3) is 4.10. The first-order chi connectivity index (χ1) is 16.4.